The predicted octanol–water partition coefficient (Wildman–Crippen LogP) is 1.12. The van der Waals surface area contributed by atoms with E-state index in [0.29, 0.717) is 30.6 Å². The van der Waals surface area contributed by atoms with Gasteiger partial charge in [0.2, 0.25) is 0 Å². The molecule has 0 amide bonds. The monoisotopic (exact) mass is 217 g/mol. The molecular formula is C9H12ClNO3. The molecule has 78 valence electrons. The van der Waals surface area contributed by atoms with E-state index in [1.54, 1.807) is 12.3 Å². The van der Waals surface area contributed by atoms with E-state index in [0.717, 1.165) is 0 Å². The maximum absolute atomic E-state index is 8.43. The van der Waals surface area contributed by atoms with Gasteiger partial charge in [-0.3, -0.25) is 4.98 Å². The first-order chi connectivity index (χ1) is 6.83. The number of pyridine rings is 1. The second kappa shape index (κ2) is 6.59. The van der Waals surface area contributed by atoms with Gasteiger partial charge < -0.3 is 14.6 Å². The van der Waals surface area contributed by atoms with Crippen LogP contribution in [0, 0.1) is 0 Å². The maximum atomic E-state index is 8.43. The van der Waals surface area contributed by atoms with Crippen LogP contribution in [0.5, 0.6) is 5.75 Å². The van der Waals surface area contributed by atoms with Crippen molar-refractivity contribution in [3.63, 3.8) is 0 Å². The summed E-state index contributed by atoms with van der Waals surface area (Å²) in [6.45, 7) is 1.21. The standard InChI is InChI=1S/C9H12ClNO3/c10-8-5-9(7-11-6-8)14-4-3-13-2-1-12/h5-7,12H,1-4H2. The van der Waals surface area contributed by atoms with Gasteiger partial charge in [0.05, 0.1) is 31.0 Å². The molecule has 0 bridgehead atoms. The van der Waals surface area contributed by atoms with Crippen LogP contribution in [0.1, 0.15) is 0 Å². The Hall–Kier alpha value is -0.840. The molecule has 14 heavy (non-hydrogen) atoms. The zero-order valence-corrected chi connectivity index (χ0v) is 8.41. The van der Waals surface area contributed by atoms with Crippen molar-refractivity contribution in [1.82, 2.24) is 4.98 Å². The number of aliphatic hydroxyl groups is 1. The summed E-state index contributed by atoms with van der Waals surface area (Å²) in [4.78, 5) is 3.86. The van der Waals surface area contributed by atoms with Gasteiger partial charge in [0.15, 0.2) is 0 Å². The van der Waals surface area contributed by atoms with Gasteiger partial charge in [0, 0.05) is 12.3 Å². The third-order valence-corrected chi connectivity index (χ3v) is 1.62. The molecule has 0 unspecified atom stereocenters. The number of aromatic nitrogens is 1. The van der Waals surface area contributed by atoms with E-state index in [1.807, 2.05) is 0 Å². The molecule has 0 fully saturated rings. The van der Waals surface area contributed by atoms with Gasteiger partial charge in [-0.05, 0) is 0 Å². The minimum Gasteiger partial charge on any atom is -0.490 e. The van der Waals surface area contributed by atoms with E-state index in [-0.39, 0.29) is 6.61 Å². The summed E-state index contributed by atoms with van der Waals surface area (Å²) in [7, 11) is 0. The molecule has 1 N–H and O–H groups in total. The molecule has 5 heteroatoms. The molecule has 1 rings (SSSR count). The number of nitrogens with zero attached hydrogens (tertiary/aromatic N) is 1. The lowest BCUT2D eigenvalue weighted by Gasteiger charge is -2.05. The highest BCUT2D eigenvalue weighted by atomic mass is 35.5. The SMILES string of the molecule is OCCOCCOc1cncc(Cl)c1. The van der Waals surface area contributed by atoms with Gasteiger partial charge in [-0.25, -0.2) is 0 Å². The Balaban J connectivity index is 2.18. The van der Waals surface area contributed by atoms with E-state index in [4.69, 9.17) is 26.2 Å². The van der Waals surface area contributed by atoms with Crippen LogP contribution in [0.15, 0.2) is 18.5 Å². The van der Waals surface area contributed by atoms with Crippen molar-refractivity contribution < 1.29 is 14.6 Å². The van der Waals surface area contributed by atoms with E-state index < -0.39 is 0 Å². The minimum atomic E-state index is 0.0265. The Morgan fingerprint density at radius 3 is 2.86 bits per heavy atom. The molecule has 0 atom stereocenters. The van der Waals surface area contributed by atoms with Crippen molar-refractivity contribution in [1.29, 1.82) is 0 Å². The summed E-state index contributed by atoms with van der Waals surface area (Å²) >= 11 is 5.70. The first kappa shape index (κ1) is 11.2. The van der Waals surface area contributed by atoms with Crippen molar-refractivity contribution in [2.45, 2.75) is 0 Å². The maximum Gasteiger partial charge on any atom is 0.139 e. The van der Waals surface area contributed by atoms with Crippen LogP contribution < -0.4 is 4.74 Å². The number of halogens is 1. The van der Waals surface area contributed by atoms with Crippen molar-refractivity contribution in [2.24, 2.45) is 0 Å². The number of ether oxygens (including phenoxy) is 2. The number of hydrogen-bond acceptors (Lipinski definition) is 4. The summed E-state index contributed by atoms with van der Waals surface area (Å²) in [5.41, 5.74) is 0. The zero-order chi connectivity index (χ0) is 10.2. The normalized spacial score (nSPS) is 10.1. The smallest absolute Gasteiger partial charge is 0.139 e. The van der Waals surface area contributed by atoms with Crippen LogP contribution in [0.25, 0.3) is 0 Å². The molecule has 0 aliphatic rings. The molecule has 0 aromatic carbocycles. The van der Waals surface area contributed by atoms with Crippen molar-refractivity contribution in [3.05, 3.63) is 23.5 Å². The van der Waals surface area contributed by atoms with E-state index in [1.165, 1.54) is 6.20 Å². The second-order valence-electron chi connectivity index (χ2n) is 2.52. The molecule has 0 saturated heterocycles. The Kier molecular flexibility index (Phi) is 5.29. The van der Waals surface area contributed by atoms with Crippen LogP contribution >= 0.6 is 11.6 Å². The molecule has 0 aliphatic carbocycles. The molecule has 4 nitrogen and oxygen atoms in total. The topological polar surface area (TPSA) is 51.6 Å². The third-order valence-electron chi connectivity index (χ3n) is 1.41. The lowest BCUT2D eigenvalue weighted by Crippen LogP contribution is -2.09. The zero-order valence-electron chi connectivity index (χ0n) is 7.65. The van der Waals surface area contributed by atoms with Gasteiger partial charge in [0.1, 0.15) is 12.4 Å². The Morgan fingerprint density at radius 1 is 1.29 bits per heavy atom. The van der Waals surface area contributed by atoms with Gasteiger partial charge in [-0.15, -0.1) is 0 Å². The van der Waals surface area contributed by atoms with Gasteiger partial charge in [-0.1, -0.05) is 11.6 Å². The van der Waals surface area contributed by atoms with Crippen LogP contribution in [0.2, 0.25) is 5.02 Å². The third kappa shape index (κ3) is 4.41. The molecule has 0 spiro atoms. The highest BCUT2D eigenvalue weighted by molar-refractivity contribution is 6.30. The highest BCUT2D eigenvalue weighted by Crippen LogP contribution is 2.14. The van der Waals surface area contributed by atoms with Crippen molar-refractivity contribution >= 4 is 11.6 Å². The average molecular weight is 218 g/mol. The van der Waals surface area contributed by atoms with E-state index in [9.17, 15) is 0 Å². The summed E-state index contributed by atoms with van der Waals surface area (Å²) in [5.74, 6) is 0.616. The summed E-state index contributed by atoms with van der Waals surface area (Å²) in [6.07, 6.45) is 3.12. The molecule has 1 heterocycles. The first-order valence-electron chi connectivity index (χ1n) is 4.25. The highest BCUT2D eigenvalue weighted by Gasteiger charge is 1.95. The predicted molar refractivity (Wildman–Crippen MR) is 52.6 cm³/mol. The average Bonchev–Trinajstić information content (AvgIpc) is 2.18. The van der Waals surface area contributed by atoms with Crippen LogP contribution in [0.4, 0.5) is 0 Å². The first-order valence-corrected chi connectivity index (χ1v) is 4.62. The molecule has 0 aliphatic heterocycles. The fourth-order valence-corrected chi connectivity index (χ4v) is 1.02. The lowest BCUT2D eigenvalue weighted by atomic mass is 10.5. The molecule has 0 saturated carbocycles. The van der Waals surface area contributed by atoms with Gasteiger partial charge >= 0.3 is 0 Å². The largest absolute Gasteiger partial charge is 0.490 e. The van der Waals surface area contributed by atoms with E-state index >= 15 is 0 Å². The number of rotatable bonds is 6. The van der Waals surface area contributed by atoms with Crippen molar-refractivity contribution in [3.8, 4) is 5.75 Å². The van der Waals surface area contributed by atoms with Gasteiger partial charge in [-0.2, -0.15) is 0 Å². The number of hydrogen-bond donors (Lipinski definition) is 1. The summed E-state index contributed by atoms with van der Waals surface area (Å²) in [6, 6.07) is 1.68. The summed E-state index contributed by atoms with van der Waals surface area (Å²) < 4.78 is 10.3. The summed E-state index contributed by atoms with van der Waals surface area (Å²) in [5, 5.41) is 8.97. The Labute approximate surface area is 87.4 Å². The van der Waals surface area contributed by atoms with Crippen LogP contribution in [0.3, 0.4) is 0 Å². The quantitative estimate of drug-likeness (QED) is 0.726. The molecular weight excluding hydrogens is 206 g/mol. The van der Waals surface area contributed by atoms with Crippen molar-refractivity contribution in [2.75, 3.05) is 26.4 Å². The molecule has 0 radical (unpaired) electrons. The molecule has 1 aromatic heterocycles. The van der Waals surface area contributed by atoms with E-state index in [2.05, 4.69) is 4.98 Å². The molecule has 1 aromatic rings. The second-order valence-corrected chi connectivity index (χ2v) is 2.96. The minimum absolute atomic E-state index is 0.0265. The van der Waals surface area contributed by atoms with Crippen LogP contribution in [-0.4, -0.2) is 36.5 Å². The van der Waals surface area contributed by atoms with Gasteiger partial charge in [0.25, 0.3) is 0 Å². The fraction of sp³-hybridized carbons (Fsp3) is 0.444. The Morgan fingerprint density at radius 2 is 2.14 bits per heavy atom. The fourth-order valence-electron chi connectivity index (χ4n) is 0.856. The lowest BCUT2D eigenvalue weighted by molar-refractivity contribution is 0.0704. The number of aliphatic hydroxyl groups excluding tert-OH is 1. The van der Waals surface area contributed by atoms with Crippen LogP contribution in [-0.2, 0) is 4.74 Å². The Bertz CT molecular complexity index is 270.